The number of rotatable bonds is 8. The number of hydrogen-bond acceptors (Lipinski definition) is 6. The number of hydroxylamine groups is 1. The van der Waals surface area contributed by atoms with Gasteiger partial charge in [0.2, 0.25) is 10.0 Å². The van der Waals surface area contributed by atoms with Crippen LogP contribution in [0.3, 0.4) is 0 Å². The zero-order valence-corrected chi connectivity index (χ0v) is 18.5. The van der Waals surface area contributed by atoms with Gasteiger partial charge in [-0.05, 0) is 37.3 Å². The van der Waals surface area contributed by atoms with Crippen LogP contribution in [0.1, 0.15) is 69.0 Å². The number of ether oxygens (including phenoxy) is 1. The molecule has 0 aliphatic carbocycles. The van der Waals surface area contributed by atoms with E-state index in [9.17, 15) is 13.2 Å². The SMILES string of the molecule is CCCCCc1ccc(C2CCN(S(=O)(=O)C3(C(=O)NO)CCOCC3)CC2)nc1. The number of sulfonamides is 1. The van der Waals surface area contributed by atoms with Gasteiger partial charge in [0.25, 0.3) is 5.91 Å². The highest BCUT2D eigenvalue weighted by atomic mass is 32.2. The highest BCUT2D eigenvalue weighted by molar-refractivity contribution is 7.91. The molecule has 0 aromatic carbocycles. The summed E-state index contributed by atoms with van der Waals surface area (Å²) in [4.78, 5) is 17.0. The Hall–Kier alpha value is -1.55. The van der Waals surface area contributed by atoms with E-state index < -0.39 is 20.7 Å². The summed E-state index contributed by atoms with van der Waals surface area (Å²) >= 11 is 0. The summed E-state index contributed by atoms with van der Waals surface area (Å²) in [6.45, 7) is 3.23. The Morgan fingerprint density at radius 1 is 1.27 bits per heavy atom. The Bertz CT molecular complexity index is 798. The molecule has 30 heavy (non-hydrogen) atoms. The average molecular weight is 440 g/mol. The van der Waals surface area contributed by atoms with Crippen molar-refractivity contribution < 1.29 is 23.2 Å². The number of aromatic nitrogens is 1. The zero-order chi connectivity index (χ0) is 21.6. The summed E-state index contributed by atoms with van der Waals surface area (Å²) in [5.74, 6) is -0.660. The van der Waals surface area contributed by atoms with Crippen molar-refractivity contribution in [2.75, 3.05) is 26.3 Å². The van der Waals surface area contributed by atoms with Crippen molar-refractivity contribution in [2.45, 2.75) is 69.0 Å². The maximum atomic E-state index is 13.4. The minimum atomic E-state index is -3.92. The lowest BCUT2D eigenvalue weighted by Gasteiger charge is -2.40. The number of pyridine rings is 1. The Labute approximate surface area is 179 Å². The topological polar surface area (TPSA) is 109 Å². The third-order valence-corrected chi connectivity index (χ3v) is 9.06. The Balaban J connectivity index is 1.64. The van der Waals surface area contributed by atoms with Gasteiger partial charge in [0.15, 0.2) is 4.75 Å². The molecule has 0 atom stereocenters. The van der Waals surface area contributed by atoms with Gasteiger partial charge < -0.3 is 4.74 Å². The second kappa shape index (κ2) is 10.2. The first-order valence-corrected chi connectivity index (χ1v) is 12.4. The van der Waals surface area contributed by atoms with E-state index >= 15 is 0 Å². The summed E-state index contributed by atoms with van der Waals surface area (Å²) in [6, 6.07) is 4.19. The van der Waals surface area contributed by atoms with Crippen LogP contribution in [0.2, 0.25) is 0 Å². The first kappa shape index (κ1) is 23.1. The van der Waals surface area contributed by atoms with Crippen molar-refractivity contribution in [1.29, 1.82) is 0 Å². The quantitative estimate of drug-likeness (QED) is 0.366. The highest BCUT2D eigenvalue weighted by Crippen LogP contribution is 2.36. The molecule has 2 fully saturated rings. The van der Waals surface area contributed by atoms with E-state index in [0.29, 0.717) is 25.9 Å². The van der Waals surface area contributed by atoms with Crippen LogP contribution in [0.25, 0.3) is 0 Å². The summed E-state index contributed by atoms with van der Waals surface area (Å²) in [7, 11) is -3.92. The van der Waals surface area contributed by atoms with E-state index in [0.717, 1.165) is 12.1 Å². The molecule has 2 aliphatic heterocycles. The van der Waals surface area contributed by atoms with E-state index in [-0.39, 0.29) is 32.0 Å². The molecular weight excluding hydrogens is 406 g/mol. The van der Waals surface area contributed by atoms with Crippen molar-refractivity contribution in [1.82, 2.24) is 14.8 Å². The number of amides is 1. The Morgan fingerprint density at radius 2 is 1.97 bits per heavy atom. The number of nitrogens with zero attached hydrogens (tertiary/aromatic N) is 2. The fourth-order valence-corrected chi connectivity index (χ4v) is 6.60. The standard InChI is InChI=1S/C21H33N3O5S/c1-2-3-4-5-17-6-7-19(22-16-17)18-8-12-24(13-9-18)30(27,28)21(20(25)23-26)10-14-29-15-11-21/h6-7,16,18,26H,2-5,8-15H2,1H3,(H,23,25). The summed E-state index contributed by atoms with van der Waals surface area (Å²) in [5.41, 5.74) is 3.81. The first-order chi connectivity index (χ1) is 14.4. The third kappa shape index (κ3) is 4.69. The average Bonchev–Trinajstić information content (AvgIpc) is 2.79. The van der Waals surface area contributed by atoms with Gasteiger partial charge in [0.1, 0.15) is 0 Å². The molecule has 2 saturated heterocycles. The molecule has 3 heterocycles. The van der Waals surface area contributed by atoms with Gasteiger partial charge >= 0.3 is 0 Å². The number of carbonyl (C=O) groups is 1. The molecule has 8 nitrogen and oxygen atoms in total. The maximum absolute atomic E-state index is 13.4. The van der Waals surface area contributed by atoms with Crippen LogP contribution in [-0.4, -0.2) is 59.9 Å². The molecule has 9 heteroatoms. The minimum Gasteiger partial charge on any atom is -0.381 e. The van der Waals surface area contributed by atoms with Crippen LogP contribution in [0.4, 0.5) is 0 Å². The molecule has 0 spiro atoms. The van der Waals surface area contributed by atoms with E-state index in [1.807, 2.05) is 6.20 Å². The number of unbranched alkanes of at least 4 members (excludes halogenated alkanes) is 2. The van der Waals surface area contributed by atoms with Gasteiger partial charge in [-0.1, -0.05) is 25.8 Å². The van der Waals surface area contributed by atoms with Gasteiger partial charge in [-0.15, -0.1) is 0 Å². The van der Waals surface area contributed by atoms with Crippen LogP contribution in [0.15, 0.2) is 18.3 Å². The fourth-order valence-electron chi connectivity index (χ4n) is 4.45. The predicted octanol–water partition coefficient (Wildman–Crippen LogP) is 2.38. The summed E-state index contributed by atoms with van der Waals surface area (Å²) in [5, 5.41) is 9.16. The zero-order valence-electron chi connectivity index (χ0n) is 17.7. The van der Waals surface area contributed by atoms with Gasteiger partial charge in [0.05, 0.1) is 0 Å². The minimum absolute atomic E-state index is 0.0443. The number of carbonyl (C=O) groups excluding carboxylic acids is 1. The molecule has 2 aliphatic rings. The second-order valence-electron chi connectivity index (χ2n) is 8.27. The second-order valence-corrected chi connectivity index (χ2v) is 10.5. The van der Waals surface area contributed by atoms with E-state index in [4.69, 9.17) is 9.94 Å². The van der Waals surface area contributed by atoms with Gasteiger partial charge in [-0.2, -0.15) is 0 Å². The van der Waals surface area contributed by atoms with Gasteiger partial charge in [-0.3, -0.25) is 15.0 Å². The van der Waals surface area contributed by atoms with Crippen molar-refractivity contribution >= 4 is 15.9 Å². The first-order valence-electron chi connectivity index (χ1n) is 10.9. The van der Waals surface area contributed by atoms with Crippen LogP contribution in [0, 0.1) is 0 Å². The molecule has 0 unspecified atom stereocenters. The predicted molar refractivity (Wildman–Crippen MR) is 113 cm³/mol. The van der Waals surface area contributed by atoms with Crippen LogP contribution in [0.5, 0.6) is 0 Å². The maximum Gasteiger partial charge on any atom is 0.266 e. The van der Waals surface area contributed by atoms with Crippen LogP contribution in [-0.2, 0) is 26.0 Å². The Kier molecular flexibility index (Phi) is 7.84. The third-order valence-electron chi connectivity index (χ3n) is 6.44. The molecule has 0 saturated carbocycles. The normalized spacial score (nSPS) is 20.7. The molecular formula is C21H33N3O5S. The molecule has 2 N–H and O–H groups in total. The molecule has 0 bridgehead atoms. The molecule has 168 valence electrons. The largest absolute Gasteiger partial charge is 0.381 e. The highest BCUT2D eigenvalue weighted by Gasteiger charge is 2.54. The number of aryl methyl sites for hydroxylation is 1. The van der Waals surface area contributed by atoms with E-state index in [1.165, 1.54) is 29.1 Å². The lowest BCUT2D eigenvalue weighted by Crippen LogP contribution is -2.60. The fraction of sp³-hybridized carbons (Fsp3) is 0.714. The number of hydrogen-bond donors (Lipinski definition) is 2. The lowest BCUT2D eigenvalue weighted by molar-refractivity contribution is -0.134. The summed E-state index contributed by atoms with van der Waals surface area (Å²) in [6.07, 6.45) is 7.97. The van der Waals surface area contributed by atoms with Gasteiger partial charge in [-0.25, -0.2) is 18.2 Å². The number of piperidine rings is 1. The molecule has 3 rings (SSSR count). The smallest absolute Gasteiger partial charge is 0.266 e. The lowest BCUT2D eigenvalue weighted by atomic mass is 9.93. The summed E-state index contributed by atoms with van der Waals surface area (Å²) < 4.78 is 31.7. The molecule has 1 aromatic heterocycles. The van der Waals surface area contributed by atoms with Crippen molar-refractivity contribution in [2.24, 2.45) is 0 Å². The molecule has 1 aromatic rings. The van der Waals surface area contributed by atoms with E-state index in [1.54, 1.807) is 5.48 Å². The Morgan fingerprint density at radius 3 is 2.53 bits per heavy atom. The van der Waals surface area contributed by atoms with Crippen LogP contribution >= 0.6 is 0 Å². The van der Waals surface area contributed by atoms with Crippen molar-refractivity contribution in [3.63, 3.8) is 0 Å². The monoisotopic (exact) mass is 439 g/mol. The van der Waals surface area contributed by atoms with Crippen LogP contribution < -0.4 is 5.48 Å². The van der Waals surface area contributed by atoms with Crippen molar-refractivity contribution in [3.05, 3.63) is 29.6 Å². The van der Waals surface area contributed by atoms with E-state index in [2.05, 4.69) is 24.0 Å². The van der Waals surface area contributed by atoms with Gasteiger partial charge in [0, 0.05) is 57.0 Å². The number of nitrogens with one attached hydrogen (secondary N) is 1. The molecule has 1 amide bonds. The molecule has 0 radical (unpaired) electrons. The van der Waals surface area contributed by atoms with Crippen molar-refractivity contribution in [3.8, 4) is 0 Å².